The van der Waals surface area contributed by atoms with Gasteiger partial charge in [-0.15, -0.1) is 0 Å². The zero-order valence-electron chi connectivity index (χ0n) is 13.2. The molecule has 9 heteroatoms. The molecule has 0 bridgehead atoms. The van der Waals surface area contributed by atoms with Crippen LogP contribution < -0.4 is 10.6 Å². The molecule has 1 aliphatic heterocycles. The van der Waals surface area contributed by atoms with Crippen LogP contribution in [0.5, 0.6) is 0 Å². The van der Waals surface area contributed by atoms with E-state index >= 15 is 0 Å². The van der Waals surface area contributed by atoms with Crippen molar-refractivity contribution in [3.05, 3.63) is 38.6 Å². The van der Waals surface area contributed by atoms with Crippen molar-refractivity contribution in [1.29, 1.82) is 0 Å². The molecule has 1 aliphatic rings. The maximum atomic E-state index is 11.8. The number of anilines is 1. The highest BCUT2D eigenvalue weighted by atomic mass is 127. The van der Waals surface area contributed by atoms with Crippen molar-refractivity contribution >= 4 is 34.4 Å². The fourth-order valence-corrected chi connectivity index (χ4v) is 3.52. The third-order valence-electron chi connectivity index (χ3n) is 3.91. The van der Waals surface area contributed by atoms with Crippen LogP contribution in [-0.4, -0.2) is 58.5 Å². The first-order valence-electron chi connectivity index (χ1n) is 7.68. The molecule has 0 atom stereocenters. The molecule has 2 heterocycles. The topological polar surface area (TPSA) is 83.5 Å². The molecule has 128 valence electrons. The number of carbonyl (C=O) groups is 1. The van der Waals surface area contributed by atoms with Gasteiger partial charge in [-0.25, -0.2) is 19.3 Å². The molecule has 24 heavy (non-hydrogen) atoms. The van der Waals surface area contributed by atoms with Gasteiger partial charge in [0.2, 0.25) is 0 Å². The first-order valence-corrected chi connectivity index (χ1v) is 8.76. The molecule has 0 saturated carbocycles. The van der Waals surface area contributed by atoms with E-state index in [9.17, 15) is 9.59 Å². The molecule has 0 aliphatic carbocycles. The molecular formula is C15H18IN5O3. The smallest absolute Gasteiger partial charge is 0.409 e. The second-order valence-corrected chi connectivity index (χ2v) is 6.50. The van der Waals surface area contributed by atoms with Crippen LogP contribution >= 0.6 is 22.6 Å². The Kier molecular flexibility index (Phi) is 5.07. The summed E-state index contributed by atoms with van der Waals surface area (Å²) in [5.41, 5.74) is 1.60. The van der Waals surface area contributed by atoms with Gasteiger partial charge >= 0.3 is 11.8 Å². The number of ether oxygens (including phenoxy) is 1. The van der Waals surface area contributed by atoms with Gasteiger partial charge in [0.25, 0.3) is 0 Å². The Morgan fingerprint density at radius 1 is 1.33 bits per heavy atom. The summed E-state index contributed by atoms with van der Waals surface area (Å²) in [6.07, 6.45) is 1.22. The number of piperazine rings is 1. The van der Waals surface area contributed by atoms with E-state index in [2.05, 4.69) is 37.7 Å². The van der Waals surface area contributed by atoms with Gasteiger partial charge in [-0.2, -0.15) is 5.10 Å². The normalized spacial score (nSPS) is 14.8. The number of nitrogens with zero attached hydrogens (tertiary/aromatic N) is 4. The van der Waals surface area contributed by atoms with Gasteiger partial charge in [-0.1, -0.05) is 0 Å². The molecule has 0 spiro atoms. The van der Waals surface area contributed by atoms with E-state index in [4.69, 9.17) is 4.74 Å². The van der Waals surface area contributed by atoms with Gasteiger partial charge in [0.05, 0.1) is 18.0 Å². The summed E-state index contributed by atoms with van der Waals surface area (Å²) in [7, 11) is 0. The SMILES string of the molecule is CCOC(=O)N1CCN(c2ccc(-n3cn[nH]c3=O)cc2I)CC1. The summed E-state index contributed by atoms with van der Waals surface area (Å²) >= 11 is 2.26. The zero-order chi connectivity index (χ0) is 17.1. The standard InChI is InChI=1S/C15H18IN5O3/c1-2-24-15(23)20-7-5-19(6-8-20)13-4-3-11(9-12(13)16)21-10-17-18-14(21)22/h3-4,9-10H,2,5-8H2,1H3,(H,18,22). The van der Waals surface area contributed by atoms with E-state index < -0.39 is 0 Å². The average Bonchev–Trinajstić information content (AvgIpc) is 3.01. The Morgan fingerprint density at radius 3 is 2.67 bits per heavy atom. The van der Waals surface area contributed by atoms with Crippen molar-refractivity contribution in [2.24, 2.45) is 0 Å². The van der Waals surface area contributed by atoms with Crippen molar-refractivity contribution in [2.75, 3.05) is 37.7 Å². The van der Waals surface area contributed by atoms with Crippen LogP contribution in [0.3, 0.4) is 0 Å². The zero-order valence-corrected chi connectivity index (χ0v) is 15.4. The Hall–Kier alpha value is -2.04. The van der Waals surface area contributed by atoms with E-state index in [1.165, 1.54) is 10.9 Å². The first kappa shape index (κ1) is 16.8. The lowest BCUT2D eigenvalue weighted by atomic mass is 10.2. The molecule has 0 unspecified atom stereocenters. The summed E-state index contributed by atoms with van der Waals surface area (Å²) < 4.78 is 7.55. The quantitative estimate of drug-likeness (QED) is 0.727. The van der Waals surface area contributed by atoms with Gasteiger partial charge < -0.3 is 14.5 Å². The second kappa shape index (κ2) is 7.24. The lowest BCUT2D eigenvalue weighted by molar-refractivity contribution is 0.105. The molecule has 1 aromatic carbocycles. The highest BCUT2D eigenvalue weighted by molar-refractivity contribution is 14.1. The van der Waals surface area contributed by atoms with Crippen molar-refractivity contribution in [3.8, 4) is 5.69 Å². The molecule has 1 N–H and O–H groups in total. The summed E-state index contributed by atoms with van der Waals surface area (Å²) in [4.78, 5) is 27.4. The monoisotopic (exact) mass is 443 g/mol. The molecule has 1 saturated heterocycles. The number of halogens is 1. The van der Waals surface area contributed by atoms with Crippen LogP contribution in [0.4, 0.5) is 10.5 Å². The Labute approximate surface area is 152 Å². The molecule has 0 radical (unpaired) electrons. The van der Waals surface area contributed by atoms with E-state index in [0.717, 1.165) is 28.0 Å². The third kappa shape index (κ3) is 3.40. The summed E-state index contributed by atoms with van der Waals surface area (Å²) in [5, 5.41) is 6.13. The number of nitrogens with one attached hydrogen (secondary N) is 1. The van der Waals surface area contributed by atoms with Gasteiger partial charge in [-0.3, -0.25) is 0 Å². The third-order valence-corrected chi connectivity index (χ3v) is 4.77. The summed E-state index contributed by atoms with van der Waals surface area (Å²) in [6, 6.07) is 5.84. The number of aromatic nitrogens is 3. The number of aromatic amines is 1. The number of H-pyrrole nitrogens is 1. The lowest BCUT2D eigenvalue weighted by Gasteiger charge is -2.36. The molecule has 2 aromatic rings. The lowest BCUT2D eigenvalue weighted by Crippen LogP contribution is -2.49. The number of carbonyl (C=O) groups excluding carboxylic acids is 1. The van der Waals surface area contributed by atoms with Crippen molar-refractivity contribution in [3.63, 3.8) is 0 Å². The molecule has 3 rings (SSSR count). The number of hydrogen-bond donors (Lipinski definition) is 1. The van der Waals surface area contributed by atoms with Crippen LogP contribution in [-0.2, 0) is 4.74 Å². The van der Waals surface area contributed by atoms with Gasteiger partial charge in [0.1, 0.15) is 6.33 Å². The van der Waals surface area contributed by atoms with Gasteiger partial charge in [0, 0.05) is 29.7 Å². The first-order chi connectivity index (χ1) is 11.6. The van der Waals surface area contributed by atoms with Crippen LogP contribution in [0.15, 0.2) is 29.3 Å². The predicted octanol–water partition coefficient (Wildman–Crippen LogP) is 1.44. The van der Waals surface area contributed by atoms with Gasteiger partial charge in [0.15, 0.2) is 0 Å². The van der Waals surface area contributed by atoms with Crippen LogP contribution in [0, 0.1) is 3.57 Å². The minimum absolute atomic E-state index is 0.249. The number of hydrogen-bond acceptors (Lipinski definition) is 5. The molecule has 8 nitrogen and oxygen atoms in total. The largest absolute Gasteiger partial charge is 0.450 e. The molecule has 1 amide bonds. The fraction of sp³-hybridized carbons (Fsp3) is 0.400. The highest BCUT2D eigenvalue weighted by Crippen LogP contribution is 2.26. The van der Waals surface area contributed by atoms with E-state index in [1.54, 1.807) is 4.90 Å². The van der Waals surface area contributed by atoms with E-state index in [-0.39, 0.29) is 11.8 Å². The summed E-state index contributed by atoms with van der Waals surface area (Å²) in [6.45, 7) is 4.98. The van der Waals surface area contributed by atoms with Crippen LogP contribution in [0.1, 0.15) is 6.92 Å². The van der Waals surface area contributed by atoms with Gasteiger partial charge in [-0.05, 0) is 47.7 Å². The van der Waals surface area contributed by atoms with Crippen molar-refractivity contribution < 1.29 is 9.53 Å². The van der Waals surface area contributed by atoms with Crippen LogP contribution in [0.25, 0.3) is 5.69 Å². The molecule has 1 aromatic heterocycles. The Morgan fingerprint density at radius 2 is 2.08 bits per heavy atom. The average molecular weight is 443 g/mol. The maximum absolute atomic E-state index is 11.8. The predicted molar refractivity (Wildman–Crippen MR) is 97.7 cm³/mol. The molecule has 1 fully saturated rings. The number of rotatable bonds is 3. The Balaban J connectivity index is 1.71. The minimum Gasteiger partial charge on any atom is -0.450 e. The summed E-state index contributed by atoms with van der Waals surface area (Å²) in [5.74, 6) is 0. The highest BCUT2D eigenvalue weighted by Gasteiger charge is 2.23. The number of benzene rings is 1. The van der Waals surface area contributed by atoms with E-state index in [0.29, 0.717) is 19.7 Å². The second-order valence-electron chi connectivity index (χ2n) is 5.34. The fourth-order valence-electron chi connectivity index (χ4n) is 2.68. The minimum atomic E-state index is -0.262. The van der Waals surface area contributed by atoms with E-state index in [1.807, 2.05) is 25.1 Å². The van der Waals surface area contributed by atoms with Crippen molar-refractivity contribution in [2.45, 2.75) is 6.92 Å². The number of amides is 1. The Bertz CT molecular complexity index is 779. The van der Waals surface area contributed by atoms with Crippen molar-refractivity contribution in [1.82, 2.24) is 19.7 Å². The van der Waals surface area contributed by atoms with Crippen LogP contribution in [0.2, 0.25) is 0 Å². The maximum Gasteiger partial charge on any atom is 0.409 e. The molecular weight excluding hydrogens is 425 g/mol.